The summed E-state index contributed by atoms with van der Waals surface area (Å²) in [5.74, 6) is -11.7. The number of carbonyl (C=O) groups is 11. The Bertz CT molecular complexity index is 3420. The molecule has 3 saturated heterocycles. The third-order valence-electron chi connectivity index (χ3n) is 18.3. The molecule has 28 heteroatoms. The molecule has 11 amide bonds. The number of rotatable bonds is 22. The van der Waals surface area contributed by atoms with Gasteiger partial charge in [0.1, 0.15) is 60.4 Å². The van der Waals surface area contributed by atoms with Crippen molar-refractivity contribution in [1.82, 2.24) is 72.5 Å². The van der Waals surface area contributed by atoms with Crippen LogP contribution in [0.25, 0.3) is 0 Å². The second-order valence-electron chi connectivity index (χ2n) is 28.2. The molecule has 2 aromatic carbocycles. The van der Waals surface area contributed by atoms with E-state index in [-0.39, 0.29) is 82.7 Å². The highest BCUT2D eigenvalue weighted by Gasteiger charge is 2.44. The number of carbonyl (C=O) groups excluding carboxylic acids is 11. The van der Waals surface area contributed by atoms with Gasteiger partial charge in [-0.3, -0.25) is 67.6 Å². The number of alkyl halides is 3. The fourth-order valence-electron chi connectivity index (χ4n) is 13.0. The van der Waals surface area contributed by atoms with Crippen molar-refractivity contribution in [3.8, 4) is 0 Å². The molecular formula is C74H101F3N14O11. The molecule has 0 radical (unpaired) electrons. The van der Waals surface area contributed by atoms with E-state index < -0.39 is 150 Å². The van der Waals surface area contributed by atoms with E-state index >= 15 is 24.0 Å². The molecular weight excluding hydrogens is 1320 g/mol. The molecule has 4 aromatic rings. The van der Waals surface area contributed by atoms with Gasteiger partial charge in [-0.1, -0.05) is 128 Å². The van der Waals surface area contributed by atoms with Crippen LogP contribution in [0.15, 0.2) is 109 Å². The lowest BCUT2D eigenvalue weighted by Crippen LogP contribution is -2.62. The first kappa shape index (κ1) is 80.0. The van der Waals surface area contributed by atoms with E-state index in [1.165, 1.54) is 9.80 Å². The fourth-order valence-corrected chi connectivity index (χ4v) is 13.0. The van der Waals surface area contributed by atoms with Gasteiger partial charge < -0.3 is 57.7 Å². The molecule has 0 unspecified atom stereocenters. The van der Waals surface area contributed by atoms with Crippen molar-refractivity contribution in [2.24, 2.45) is 23.7 Å². The van der Waals surface area contributed by atoms with Crippen molar-refractivity contribution in [1.29, 1.82) is 0 Å². The average molecular weight is 1420 g/mol. The molecule has 10 atom stereocenters. The molecule has 2 aromatic heterocycles. The minimum Gasteiger partial charge on any atom is -0.348 e. The van der Waals surface area contributed by atoms with Gasteiger partial charge >= 0.3 is 12.1 Å². The summed E-state index contributed by atoms with van der Waals surface area (Å²) in [5, 5.41) is 24.4. The van der Waals surface area contributed by atoms with Crippen LogP contribution in [-0.4, -0.2) is 182 Å². The molecule has 0 aliphatic carbocycles. The monoisotopic (exact) mass is 1420 g/mol. The summed E-state index contributed by atoms with van der Waals surface area (Å²) >= 11 is 0. The van der Waals surface area contributed by atoms with Gasteiger partial charge in [0.15, 0.2) is 0 Å². The number of fused-ring (bicyclic) bond motifs is 2. The molecule has 3 aliphatic heterocycles. The number of nitrogens with one attached hydrogen (secondary N) is 9. The van der Waals surface area contributed by atoms with Crippen molar-refractivity contribution in [3.63, 3.8) is 0 Å². The molecule has 0 saturated carbocycles. The normalized spacial score (nSPS) is 23.8. The van der Waals surface area contributed by atoms with Gasteiger partial charge in [0.2, 0.25) is 59.1 Å². The first-order valence-corrected chi connectivity index (χ1v) is 35.6. The molecule has 0 bridgehead atoms. The maximum absolute atomic E-state index is 15.2. The molecule has 102 heavy (non-hydrogen) atoms. The predicted molar refractivity (Wildman–Crippen MR) is 374 cm³/mol. The van der Waals surface area contributed by atoms with Gasteiger partial charge in [-0.2, -0.15) is 13.2 Å². The smallest absolute Gasteiger partial charge is 0.348 e. The lowest BCUT2D eigenvalue weighted by molar-refractivity contribution is -0.173. The van der Waals surface area contributed by atoms with Crippen LogP contribution in [0.4, 0.5) is 13.2 Å². The predicted octanol–water partition coefficient (Wildman–Crippen LogP) is 4.48. The maximum Gasteiger partial charge on any atom is 0.471 e. The summed E-state index contributed by atoms with van der Waals surface area (Å²) in [7, 11) is 0. The first-order chi connectivity index (χ1) is 48.6. The molecule has 25 nitrogen and oxygen atoms in total. The van der Waals surface area contributed by atoms with Crippen LogP contribution >= 0.6 is 0 Å². The topological polar surface area (TPSA) is 332 Å². The number of hydrogen-bond acceptors (Lipinski definition) is 14. The van der Waals surface area contributed by atoms with Gasteiger partial charge in [0.05, 0.1) is 11.4 Å². The molecule has 3 aliphatic rings. The zero-order valence-corrected chi connectivity index (χ0v) is 59.6. The van der Waals surface area contributed by atoms with Crippen molar-refractivity contribution < 1.29 is 65.9 Å². The quantitative estimate of drug-likeness (QED) is 0.0490. The van der Waals surface area contributed by atoms with Crippen molar-refractivity contribution in [2.75, 3.05) is 26.2 Å². The van der Waals surface area contributed by atoms with E-state index in [1.807, 2.05) is 50.2 Å². The molecule has 554 valence electrons. The Hall–Kier alpha value is -9.34. The van der Waals surface area contributed by atoms with Gasteiger partial charge in [-0.05, 0) is 130 Å². The summed E-state index contributed by atoms with van der Waals surface area (Å²) in [6.07, 6.45) is -1.35. The van der Waals surface area contributed by atoms with E-state index in [2.05, 4.69) is 57.4 Å². The van der Waals surface area contributed by atoms with E-state index in [0.29, 0.717) is 50.0 Å². The van der Waals surface area contributed by atoms with E-state index in [9.17, 15) is 41.9 Å². The summed E-state index contributed by atoms with van der Waals surface area (Å²) in [5.41, 5.74) is 2.81. The SMILES string of the molecule is CC(C)C[C@@H]1NC(=O)[C@H](CCCNC(=O)C(F)(F)F)NC(=O)[C@H](C(C)C)NC(=O)[C@@H]2CCCN2C(=O)[C@@H](Cc2ccccc2)NC(=O)[C@H](CC(C)C)NC(=O)[C@H](CCCN(Cc2ccccn2)Cc2ccccn2)NC(=O)[C@H](C(C)C)NC(=O)[C@@H]2CCCN2C(=O)[C@@H](Cc2ccccc2)NC1=O. The second-order valence-corrected chi connectivity index (χ2v) is 28.2. The highest BCUT2D eigenvalue weighted by molar-refractivity contribution is 6.00. The van der Waals surface area contributed by atoms with Crippen LogP contribution in [0.2, 0.25) is 0 Å². The summed E-state index contributed by atoms with van der Waals surface area (Å²) in [6, 6.07) is 15.3. The lowest BCUT2D eigenvalue weighted by atomic mass is 9.98. The highest BCUT2D eigenvalue weighted by Crippen LogP contribution is 2.25. The minimum atomic E-state index is -5.22. The zero-order chi connectivity index (χ0) is 74.2. The number of benzene rings is 2. The summed E-state index contributed by atoms with van der Waals surface area (Å²) in [4.78, 5) is 175. The zero-order valence-electron chi connectivity index (χ0n) is 59.6. The number of nitrogens with zero attached hydrogens (tertiary/aromatic N) is 5. The fraction of sp³-hybridized carbons (Fsp3) is 0.554. The molecule has 0 spiro atoms. The van der Waals surface area contributed by atoms with E-state index in [0.717, 1.165) is 11.4 Å². The van der Waals surface area contributed by atoms with Crippen molar-refractivity contribution >= 4 is 65.0 Å². The summed E-state index contributed by atoms with van der Waals surface area (Å²) < 4.78 is 39.9. The van der Waals surface area contributed by atoms with Gasteiger partial charge in [-0.25, -0.2) is 0 Å². The van der Waals surface area contributed by atoms with E-state index in [4.69, 9.17) is 0 Å². The van der Waals surface area contributed by atoms with Gasteiger partial charge in [0.25, 0.3) is 0 Å². The third-order valence-corrected chi connectivity index (χ3v) is 18.3. The van der Waals surface area contributed by atoms with Crippen LogP contribution in [0, 0.1) is 23.7 Å². The number of pyridine rings is 2. The number of hydrogen-bond donors (Lipinski definition) is 9. The van der Waals surface area contributed by atoms with Crippen molar-refractivity contribution in [3.05, 3.63) is 132 Å². The summed E-state index contributed by atoms with van der Waals surface area (Å²) in [6.45, 7) is 14.6. The largest absolute Gasteiger partial charge is 0.471 e. The standard InChI is InChI=1S/C74H101F3N14O11/c1-45(2)39-55-65(94)85-57(41-49-23-11-9-12-24-49)71(100)91-38-22-32-60(91)68(97)88-62(48(7)8)70(99)82-54(30-20-36-89(43-51-27-15-17-33-78-51)44-52-28-16-18-34-79-52)64(93)84-56(40-46(3)4)66(95)86-58(42-50-25-13-10-14-26-50)72(101)90-37-21-31-59(90)67(96)87-61(47(5)6)69(98)81-53(63(92)83-55)29-19-35-80-73(102)74(75,76)77/h9-18,23-28,33-34,45-48,53-62H,19-22,29-32,35-44H2,1-8H3,(H,80,102)(H,81,98)(H,82,99)(H,83,92)(H,84,93)(H,85,94)(H,86,95)(H,87,96)(H,88,97)/t53-,54-,55-,56-,57+,58+,59-,60-,61-,62-/m0/s1. The number of aromatic nitrogens is 2. The van der Waals surface area contributed by atoms with Crippen LogP contribution in [0.5, 0.6) is 0 Å². The van der Waals surface area contributed by atoms with E-state index in [1.54, 1.807) is 120 Å². The van der Waals surface area contributed by atoms with Crippen LogP contribution in [0.1, 0.15) is 142 Å². The minimum absolute atomic E-state index is 0.0249. The average Bonchev–Trinajstić information content (AvgIpc) is 1.61. The maximum atomic E-state index is 15.2. The van der Waals surface area contributed by atoms with Crippen LogP contribution in [-0.2, 0) is 78.7 Å². The molecule has 7 rings (SSSR count). The first-order valence-electron chi connectivity index (χ1n) is 35.6. The Labute approximate surface area is 595 Å². The number of amides is 11. The Morgan fingerprint density at radius 2 is 0.853 bits per heavy atom. The molecule has 5 heterocycles. The number of halogens is 3. The Morgan fingerprint density at radius 3 is 1.23 bits per heavy atom. The Kier molecular flexibility index (Phi) is 30.3. The van der Waals surface area contributed by atoms with Crippen LogP contribution < -0.4 is 47.9 Å². The van der Waals surface area contributed by atoms with Gasteiger partial charge in [0, 0.05) is 58.0 Å². The van der Waals surface area contributed by atoms with Gasteiger partial charge in [-0.15, -0.1) is 0 Å². The second kappa shape index (κ2) is 38.6. The Morgan fingerprint density at radius 1 is 0.480 bits per heavy atom. The molecule has 3 fully saturated rings. The molecule has 9 N–H and O–H groups in total. The highest BCUT2D eigenvalue weighted by atomic mass is 19.4. The van der Waals surface area contributed by atoms with Crippen molar-refractivity contribution in [2.45, 2.75) is 212 Å². The lowest BCUT2D eigenvalue weighted by Gasteiger charge is -2.33. The van der Waals surface area contributed by atoms with Crippen LogP contribution in [0.3, 0.4) is 0 Å². The third kappa shape index (κ3) is 24.2. The Balaban J connectivity index is 1.28.